The number of aromatic nitrogens is 2. The summed E-state index contributed by atoms with van der Waals surface area (Å²) < 4.78 is 15.5. The molecule has 4 rings (SSSR count). The van der Waals surface area contributed by atoms with Crippen LogP contribution in [0.1, 0.15) is 5.56 Å². The summed E-state index contributed by atoms with van der Waals surface area (Å²) in [6.45, 7) is 4.97. The Kier molecular flexibility index (Phi) is 5.60. The van der Waals surface area contributed by atoms with Gasteiger partial charge in [-0.15, -0.1) is 0 Å². The van der Waals surface area contributed by atoms with Crippen LogP contribution >= 0.6 is 0 Å². The van der Waals surface area contributed by atoms with Crippen LogP contribution in [0.2, 0.25) is 0 Å². The molecule has 0 amide bonds. The van der Waals surface area contributed by atoms with E-state index in [0.717, 1.165) is 32.7 Å². The molecule has 0 unspecified atom stereocenters. The zero-order valence-electron chi connectivity index (χ0n) is 15.7. The van der Waals surface area contributed by atoms with E-state index in [9.17, 15) is 9.18 Å². The first-order valence-electron chi connectivity index (χ1n) is 9.51. The van der Waals surface area contributed by atoms with Gasteiger partial charge >= 0.3 is 0 Å². The van der Waals surface area contributed by atoms with Crippen molar-refractivity contribution in [2.75, 3.05) is 26.2 Å². The molecule has 0 saturated carbocycles. The summed E-state index contributed by atoms with van der Waals surface area (Å²) >= 11 is 0. The molecule has 0 radical (unpaired) electrons. The molecular weight excluding hydrogens is 355 g/mol. The highest BCUT2D eigenvalue weighted by molar-refractivity contribution is 5.58. The molecule has 6 heteroatoms. The van der Waals surface area contributed by atoms with Crippen LogP contribution in [0.4, 0.5) is 4.39 Å². The van der Waals surface area contributed by atoms with Crippen molar-refractivity contribution in [3.8, 4) is 11.3 Å². The van der Waals surface area contributed by atoms with Crippen molar-refractivity contribution in [2.45, 2.75) is 13.2 Å². The van der Waals surface area contributed by atoms with E-state index in [1.807, 2.05) is 6.07 Å². The Labute approximate surface area is 163 Å². The maximum atomic E-state index is 14.0. The summed E-state index contributed by atoms with van der Waals surface area (Å²) in [6, 6.07) is 20.0. The second kappa shape index (κ2) is 8.46. The van der Waals surface area contributed by atoms with Crippen molar-refractivity contribution in [2.24, 2.45) is 0 Å². The lowest BCUT2D eigenvalue weighted by molar-refractivity contribution is 0.0971. The van der Waals surface area contributed by atoms with E-state index in [4.69, 9.17) is 0 Å². The standard InChI is InChI=1S/C22H23FN4O/c23-20-9-5-4-8-19(20)21-10-11-22(28)27(24-21)17-26-14-12-25(13-15-26)16-18-6-2-1-3-7-18/h1-11H,12-17H2. The molecule has 1 fully saturated rings. The Hall–Kier alpha value is -2.83. The highest BCUT2D eigenvalue weighted by Gasteiger charge is 2.18. The van der Waals surface area contributed by atoms with Gasteiger partial charge in [0.1, 0.15) is 5.82 Å². The first-order valence-corrected chi connectivity index (χ1v) is 9.51. The van der Waals surface area contributed by atoms with Crippen molar-refractivity contribution in [3.63, 3.8) is 0 Å². The minimum atomic E-state index is -0.338. The van der Waals surface area contributed by atoms with Gasteiger partial charge in [0.15, 0.2) is 0 Å². The van der Waals surface area contributed by atoms with Crippen molar-refractivity contribution in [1.29, 1.82) is 0 Å². The summed E-state index contributed by atoms with van der Waals surface area (Å²) in [6.07, 6.45) is 0. The van der Waals surface area contributed by atoms with E-state index in [1.54, 1.807) is 24.3 Å². The fourth-order valence-corrected chi connectivity index (χ4v) is 3.48. The Morgan fingerprint density at radius 3 is 2.25 bits per heavy atom. The highest BCUT2D eigenvalue weighted by atomic mass is 19.1. The van der Waals surface area contributed by atoms with Crippen LogP contribution < -0.4 is 5.56 Å². The van der Waals surface area contributed by atoms with Gasteiger partial charge in [0.25, 0.3) is 5.56 Å². The zero-order valence-corrected chi connectivity index (χ0v) is 15.7. The Morgan fingerprint density at radius 1 is 0.821 bits per heavy atom. The van der Waals surface area contributed by atoms with Crippen LogP contribution in [0.25, 0.3) is 11.3 Å². The van der Waals surface area contributed by atoms with Crippen molar-refractivity contribution >= 4 is 0 Å². The summed E-state index contributed by atoms with van der Waals surface area (Å²) in [7, 11) is 0. The fourth-order valence-electron chi connectivity index (χ4n) is 3.48. The van der Waals surface area contributed by atoms with Gasteiger partial charge in [-0.05, 0) is 23.8 Å². The Bertz CT molecular complexity index is 981. The molecule has 0 aliphatic carbocycles. The summed E-state index contributed by atoms with van der Waals surface area (Å²) in [5, 5.41) is 4.39. The normalized spacial score (nSPS) is 15.6. The summed E-state index contributed by atoms with van der Waals surface area (Å²) in [5.74, 6) is -0.338. The third kappa shape index (κ3) is 4.35. The molecule has 1 aliphatic rings. The van der Waals surface area contributed by atoms with E-state index in [-0.39, 0.29) is 11.4 Å². The monoisotopic (exact) mass is 378 g/mol. The highest BCUT2D eigenvalue weighted by Crippen LogP contribution is 2.19. The first-order chi connectivity index (χ1) is 13.7. The number of nitrogens with zero attached hydrogens (tertiary/aromatic N) is 4. The van der Waals surface area contributed by atoms with Crippen molar-refractivity contribution in [1.82, 2.24) is 19.6 Å². The number of hydrogen-bond donors (Lipinski definition) is 0. The molecule has 3 aromatic rings. The van der Waals surface area contributed by atoms with E-state index < -0.39 is 0 Å². The largest absolute Gasteiger partial charge is 0.297 e. The topological polar surface area (TPSA) is 41.4 Å². The predicted octanol–water partition coefficient (Wildman–Crippen LogP) is 2.82. The molecule has 0 atom stereocenters. The van der Waals surface area contributed by atoms with Gasteiger partial charge in [-0.25, -0.2) is 9.07 Å². The van der Waals surface area contributed by atoms with Gasteiger partial charge in [0.2, 0.25) is 0 Å². The maximum absolute atomic E-state index is 14.0. The Balaban J connectivity index is 1.41. The third-order valence-corrected chi connectivity index (χ3v) is 5.06. The second-order valence-corrected chi connectivity index (χ2v) is 7.06. The molecule has 144 valence electrons. The first kappa shape index (κ1) is 18.5. The smallest absolute Gasteiger partial charge is 0.268 e. The predicted molar refractivity (Wildman–Crippen MR) is 107 cm³/mol. The van der Waals surface area contributed by atoms with E-state index >= 15 is 0 Å². The van der Waals surface area contributed by atoms with Gasteiger partial charge < -0.3 is 0 Å². The van der Waals surface area contributed by atoms with Gasteiger partial charge in [0.05, 0.1) is 12.4 Å². The number of rotatable bonds is 5. The van der Waals surface area contributed by atoms with E-state index in [0.29, 0.717) is 17.9 Å². The van der Waals surface area contributed by atoms with Crippen LogP contribution in [0.15, 0.2) is 71.5 Å². The van der Waals surface area contributed by atoms with Gasteiger partial charge in [-0.1, -0.05) is 42.5 Å². The molecule has 5 nitrogen and oxygen atoms in total. The quantitative estimate of drug-likeness (QED) is 0.685. The molecule has 1 saturated heterocycles. The Morgan fingerprint density at radius 2 is 1.50 bits per heavy atom. The lowest BCUT2D eigenvalue weighted by atomic mass is 10.1. The molecule has 0 spiro atoms. The van der Waals surface area contributed by atoms with E-state index in [2.05, 4.69) is 39.2 Å². The van der Waals surface area contributed by atoms with Crippen molar-refractivity contribution in [3.05, 3.63) is 88.5 Å². The number of hydrogen-bond acceptors (Lipinski definition) is 4. The molecule has 0 bridgehead atoms. The molecule has 28 heavy (non-hydrogen) atoms. The average molecular weight is 378 g/mol. The van der Waals surface area contributed by atoms with Crippen molar-refractivity contribution < 1.29 is 4.39 Å². The lowest BCUT2D eigenvalue weighted by Gasteiger charge is -2.34. The summed E-state index contributed by atoms with van der Waals surface area (Å²) in [5.41, 5.74) is 2.02. The van der Waals surface area contributed by atoms with E-state index in [1.165, 1.54) is 22.4 Å². The van der Waals surface area contributed by atoms with Crippen LogP contribution in [-0.4, -0.2) is 45.8 Å². The van der Waals surface area contributed by atoms with Crippen LogP contribution in [0.5, 0.6) is 0 Å². The minimum Gasteiger partial charge on any atom is -0.297 e. The fraction of sp³-hybridized carbons (Fsp3) is 0.273. The van der Waals surface area contributed by atoms with Gasteiger partial charge in [-0.3, -0.25) is 14.6 Å². The SMILES string of the molecule is O=c1ccc(-c2ccccc2F)nn1CN1CCN(Cc2ccccc2)CC1. The van der Waals surface area contributed by atoms with Gasteiger partial charge in [0, 0.05) is 44.4 Å². The second-order valence-electron chi connectivity index (χ2n) is 7.06. The molecule has 2 aromatic carbocycles. The lowest BCUT2D eigenvalue weighted by Crippen LogP contribution is -2.47. The third-order valence-electron chi connectivity index (χ3n) is 5.06. The minimum absolute atomic E-state index is 0.174. The average Bonchev–Trinajstić information content (AvgIpc) is 2.72. The molecule has 0 N–H and O–H groups in total. The molecular formula is C22H23FN4O. The number of halogens is 1. The van der Waals surface area contributed by atoms with Gasteiger partial charge in [-0.2, -0.15) is 5.10 Å². The molecule has 2 heterocycles. The zero-order chi connectivity index (χ0) is 19.3. The molecule has 1 aliphatic heterocycles. The van der Waals surface area contributed by atoms with Crippen LogP contribution in [-0.2, 0) is 13.2 Å². The maximum Gasteiger partial charge on any atom is 0.268 e. The molecule has 1 aromatic heterocycles. The van der Waals surface area contributed by atoms with Crippen LogP contribution in [0.3, 0.4) is 0 Å². The number of benzene rings is 2. The summed E-state index contributed by atoms with van der Waals surface area (Å²) in [4.78, 5) is 16.9. The number of piperazine rings is 1. The van der Waals surface area contributed by atoms with Crippen LogP contribution in [0, 0.1) is 5.82 Å².